The van der Waals surface area contributed by atoms with Crippen molar-refractivity contribution >= 4 is 215 Å². The number of nitrogens with one attached hydrogen (secondary N) is 1. The molecule has 14 aromatic rings. The highest BCUT2D eigenvalue weighted by Crippen LogP contribution is 2.40. The lowest BCUT2D eigenvalue weighted by Crippen LogP contribution is -2.61. The van der Waals surface area contributed by atoms with Crippen LogP contribution in [0.4, 0.5) is 51.2 Å². The smallest absolute Gasteiger partial charge is 0.338 e. The molecule has 0 aliphatic rings. The number of benzene rings is 14. The maximum Gasteiger partial charge on any atom is 0.338 e. The third-order valence-corrected chi connectivity index (χ3v) is 23.3. The number of aromatic hydroxyl groups is 8. The first-order valence-electron chi connectivity index (χ1n) is 43.9. The minimum absolute atomic E-state index is 0. The van der Waals surface area contributed by atoms with E-state index < -0.39 is 21.3 Å². The molecule has 0 heterocycles. The van der Waals surface area contributed by atoms with Gasteiger partial charge in [0.2, 0.25) is 17.2 Å². The van der Waals surface area contributed by atoms with E-state index in [0.29, 0.717) is 80.2 Å². The number of aliphatic imine (C=N–C) groups is 6. The van der Waals surface area contributed by atoms with Gasteiger partial charge in [0.25, 0.3) is 0 Å². The van der Waals surface area contributed by atoms with Crippen LogP contribution in [-0.2, 0) is 30.4 Å². The van der Waals surface area contributed by atoms with Crippen LogP contribution in [0, 0.1) is 41.0 Å². The van der Waals surface area contributed by atoms with E-state index in [1.807, 2.05) is 167 Å². The zero-order valence-corrected chi connectivity index (χ0v) is 88.7. The average molecular weight is 2300 g/mol. The van der Waals surface area contributed by atoms with Gasteiger partial charge in [-0.3, -0.25) is 50.2 Å². The van der Waals surface area contributed by atoms with E-state index in [-0.39, 0.29) is 68.4 Å². The number of phenols is 8. The Bertz CT molecular complexity index is 6880. The van der Waals surface area contributed by atoms with E-state index >= 15 is 0 Å². The number of halogens is 8. The summed E-state index contributed by atoms with van der Waals surface area (Å²) in [4.78, 5) is 60.9. The number of para-hydroxylation sites is 2. The molecule has 33 heteroatoms. The van der Waals surface area contributed by atoms with Gasteiger partial charge in [-0.05, 0) is 259 Å². The summed E-state index contributed by atoms with van der Waals surface area (Å²) in [6.45, 7) is 16.4. The van der Waals surface area contributed by atoms with Crippen LogP contribution in [-0.4, -0.2) is 119 Å². The quantitative estimate of drug-likeness (QED) is 0.0105. The first-order valence-corrected chi connectivity index (χ1v) is 49.0. The van der Waals surface area contributed by atoms with E-state index in [2.05, 4.69) is 167 Å². The van der Waals surface area contributed by atoms with Gasteiger partial charge in [0.15, 0.2) is 17.7 Å². The highest BCUT2D eigenvalue weighted by atomic mass is 79.9. The molecule has 0 bridgehead atoms. The molecule has 0 atom stereocenters. The molecule has 14 aromatic carbocycles. The topological polar surface area (TPSA) is 402 Å². The first-order chi connectivity index (χ1) is 67.5. The first kappa shape index (κ1) is 115. The molecular formula is C109H103Br5Cl3N9O16. The predicted molar refractivity (Wildman–Crippen MR) is 590 cm³/mol. The van der Waals surface area contributed by atoms with Gasteiger partial charge in [0, 0.05) is 117 Å². The van der Waals surface area contributed by atoms with Crippen LogP contribution in [0.5, 0.6) is 51.7 Å². The maximum absolute atomic E-state index is 11.5. The third kappa shape index (κ3) is 37.5. The van der Waals surface area contributed by atoms with Crippen molar-refractivity contribution in [3.63, 3.8) is 0 Å². The van der Waals surface area contributed by atoms with Crippen LogP contribution in [0.3, 0.4) is 0 Å². The number of carbonyl (C=O) groups is 1. The van der Waals surface area contributed by atoms with E-state index in [9.17, 15) is 65.9 Å². The summed E-state index contributed by atoms with van der Waals surface area (Å²) in [6.07, 6.45) is 18.0. The molecule has 0 saturated carbocycles. The second kappa shape index (κ2) is 59.3. The number of aryl methyl sites for hydroxylation is 7. The standard InChI is InChI=1S/C18H19NO2.C17H18BrNO3.C16H15Br2NO2.C16H16ClNO2.C15H13BrN2O3.C14H11BrN2O3.C13H9Cl2N.H2O/c1-3-14-5-7-15(8-6-14)13-19-17-11-9-16(10-12-17)18(20)21-4-2;1-3-4-11-5-6-15(20)14(7-11)19-10-12-8-13(18)9-16(22-2)17(12)21;1-2-3-10-4-5-15(20)14(6-10)19-9-11-7-12(17)8-13(18)16(11)21;1-2-3-11-4-6-16(20)14(8-11)18-10-12-9-13(17)5-7-15(12)19;1-9-3-4-10(2)13(5-9)17-8-11-6-12(16)7-14(15(11)19)18(20)21;1-9-4-2-3-5-12(9)16-8-10-6-11(15)7-13(14(10)18)17(19)20;14-11-7-6-10(13(15)8-11)9-16-12-4-2-1-3-5-12;/h5-13H,3-4H2,1-2H3;5-10,20-21H,3-4H2,1-2H3;4-9,20-21H,2-3H2,1H3;4-10,19-20H,2-3H2,1H3;3-8,19H,1-2H3;2-8,18H,1H3;1-9H;1H2. The highest BCUT2D eigenvalue weighted by molar-refractivity contribution is 9.11. The van der Waals surface area contributed by atoms with Crippen LogP contribution < -0.4 is 9.73 Å². The Labute approximate surface area is 880 Å². The summed E-state index contributed by atoms with van der Waals surface area (Å²) in [5.74, 6) is -0.150. The molecule has 14 rings (SSSR count). The second-order valence-corrected chi connectivity index (χ2v) is 36.6. The Balaban J connectivity index is 0.000000225. The summed E-state index contributed by atoms with van der Waals surface area (Å²) >= 11 is 34.1. The van der Waals surface area contributed by atoms with E-state index in [1.54, 1.807) is 91.9 Å². The normalized spacial score (nSPS) is 10.9. The molecule has 0 aliphatic carbocycles. The van der Waals surface area contributed by atoms with Gasteiger partial charge in [0.05, 0.1) is 61.2 Å². The average Bonchev–Trinajstić information content (AvgIpc) is 0.850. The Hall–Kier alpha value is -13.5. The van der Waals surface area contributed by atoms with Crippen LogP contribution in [0.1, 0.15) is 142 Å². The minimum Gasteiger partial charge on any atom is -0.870 e. The van der Waals surface area contributed by atoms with Crippen molar-refractivity contribution in [3.8, 4) is 51.7 Å². The number of hydrogen-bond acceptors (Lipinski definition) is 22. The van der Waals surface area contributed by atoms with Gasteiger partial charge in [-0.15, -0.1) is 0 Å². The molecule has 10 N–H and O–H groups in total. The summed E-state index contributed by atoms with van der Waals surface area (Å²) in [5.41, 5.74) is 16.5. The number of carbonyl (C=O) groups excluding carboxylic acids is 1. The minimum atomic E-state index is -0.634. The van der Waals surface area contributed by atoms with Gasteiger partial charge in [-0.2, -0.15) is 0 Å². The number of hydrogen-bond donors (Lipinski definition) is 9. The van der Waals surface area contributed by atoms with Gasteiger partial charge < -0.3 is 55.8 Å². The fraction of sp³-hybridized carbons (Fsp3) is 0.156. The van der Waals surface area contributed by atoms with Crippen LogP contribution in [0.15, 0.2) is 313 Å². The fourth-order valence-corrected chi connectivity index (χ4v) is 15.9. The van der Waals surface area contributed by atoms with E-state index in [0.717, 1.165) is 121 Å². The second-order valence-electron chi connectivity index (χ2n) is 30.8. The number of methoxy groups -OCH3 is 1. The van der Waals surface area contributed by atoms with Gasteiger partial charge in [-0.25, -0.2) is 9.79 Å². The van der Waals surface area contributed by atoms with E-state index in [1.165, 1.54) is 61.9 Å². The number of esters is 1. The molecule has 0 saturated heterocycles. The lowest BCUT2D eigenvalue weighted by molar-refractivity contribution is -0.386. The van der Waals surface area contributed by atoms with Crippen molar-refractivity contribution in [3.05, 3.63) is 402 Å². The Morgan fingerprint density at radius 2 is 0.831 bits per heavy atom. The summed E-state index contributed by atoms with van der Waals surface area (Å²) in [6, 6.07) is 77.5. The zero-order chi connectivity index (χ0) is 103. The third-order valence-electron chi connectivity index (χ3n) is 20.1. The van der Waals surface area contributed by atoms with Crippen LogP contribution in [0.25, 0.3) is 0 Å². The molecule has 0 radical (unpaired) electrons. The SMILES string of the molecule is CCCc1ccc(O)c(N=Cc2cc(Br)cc(Br)c2O)c1.CCCc1ccc(O)c(N=Cc2cc(Br)cc(OC)c2O)c1.CCCc1ccc(O)c(N=Cc2cc(Cl)ccc2O)c1.CCOC(=O)c1ccc(N=Cc2ccc(CC)cc2)cc1.Cc1ccc(C)c(N=Cc2cc(Br)cc([N+](=O)[O-])c2O)c1.Cc1ccccc1N=Cc1cc(Br)cc([N+](=O)[O-])c1O.Clc1ccc(C=[NH+]c2ccccc2)c(Cl)c1.[OH-]. The number of nitrogens with zero attached hydrogens (tertiary/aromatic N) is 8. The monoisotopic (exact) mass is 2290 g/mol. The van der Waals surface area contributed by atoms with Crippen molar-refractivity contribution in [2.24, 2.45) is 30.0 Å². The molecule has 0 aliphatic heterocycles. The van der Waals surface area contributed by atoms with Gasteiger partial charge in [-0.1, -0.05) is 236 Å². The molecule has 0 amide bonds. The van der Waals surface area contributed by atoms with E-state index in [4.69, 9.17) is 44.3 Å². The lowest BCUT2D eigenvalue weighted by Gasteiger charge is -2.07. The largest absolute Gasteiger partial charge is 0.870 e. The number of ether oxygens (including phenoxy) is 2. The lowest BCUT2D eigenvalue weighted by atomic mass is 10.1. The van der Waals surface area contributed by atoms with Gasteiger partial charge >= 0.3 is 17.3 Å². The molecule has 0 unspecified atom stereocenters. The van der Waals surface area contributed by atoms with Crippen molar-refractivity contribution in [1.82, 2.24) is 0 Å². The molecule has 142 heavy (non-hydrogen) atoms. The molecule has 25 nitrogen and oxygen atoms in total. The summed E-state index contributed by atoms with van der Waals surface area (Å²) in [7, 11) is 1.49. The Morgan fingerprint density at radius 3 is 1.31 bits per heavy atom. The van der Waals surface area contributed by atoms with Crippen molar-refractivity contribution in [2.45, 2.75) is 100 Å². The maximum atomic E-state index is 11.5. The summed E-state index contributed by atoms with van der Waals surface area (Å²) in [5, 5.41) is 103. The van der Waals surface area contributed by atoms with Crippen LogP contribution >= 0.6 is 114 Å². The Kier molecular flexibility index (Phi) is 48.2. The van der Waals surface area contributed by atoms with Gasteiger partial charge in [0.1, 0.15) is 45.8 Å². The predicted octanol–water partition coefficient (Wildman–Crippen LogP) is 29.7. The van der Waals surface area contributed by atoms with Crippen molar-refractivity contribution in [2.75, 3.05) is 13.7 Å². The van der Waals surface area contributed by atoms with Crippen molar-refractivity contribution < 1.29 is 75.4 Å². The summed E-state index contributed by atoms with van der Waals surface area (Å²) < 4.78 is 13.2. The molecule has 736 valence electrons. The van der Waals surface area contributed by atoms with Crippen molar-refractivity contribution in [1.29, 1.82) is 0 Å². The number of phenolic OH excluding ortho intramolecular Hbond substituents is 8. The number of rotatable bonds is 26. The molecule has 0 spiro atoms. The highest BCUT2D eigenvalue weighted by Gasteiger charge is 2.21. The Morgan fingerprint density at radius 1 is 0.401 bits per heavy atom. The molecular weight excluding hydrogens is 2200 g/mol. The van der Waals surface area contributed by atoms with Crippen LogP contribution in [0.2, 0.25) is 15.1 Å². The number of nitro groups is 2. The molecule has 0 fully saturated rings. The fourth-order valence-electron chi connectivity index (χ4n) is 12.7. The number of nitro benzene ring substituents is 2. The molecule has 0 aromatic heterocycles. The zero-order valence-electron chi connectivity index (χ0n) is 78.5.